The summed E-state index contributed by atoms with van der Waals surface area (Å²) in [5.74, 6) is 0.433. The number of hydrogen-bond acceptors (Lipinski definition) is 5. The van der Waals surface area contributed by atoms with Crippen molar-refractivity contribution >= 4 is 9.84 Å². The lowest BCUT2D eigenvalue weighted by atomic mass is 10.1. The van der Waals surface area contributed by atoms with E-state index in [2.05, 4.69) is 49.3 Å². The van der Waals surface area contributed by atoms with Gasteiger partial charge in [-0.3, -0.25) is 9.58 Å². The molecule has 0 amide bonds. The maximum Gasteiger partial charge on any atom is 0.152 e. The van der Waals surface area contributed by atoms with Gasteiger partial charge in [0.2, 0.25) is 0 Å². The van der Waals surface area contributed by atoms with E-state index in [4.69, 9.17) is 10.2 Å². The Hall–Kier alpha value is -3.23. The molecule has 1 fully saturated rings. The average molecular weight is 490 g/mol. The summed E-state index contributed by atoms with van der Waals surface area (Å²) in [6.45, 7) is 5.51. The number of hydrogen-bond donors (Lipinski definition) is 0. The van der Waals surface area contributed by atoms with E-state index >= 15 is 0 Å². The quantitative estimate of drug-likeness (QED) is 0.386. The summed E-state index contributed by atoms with van der Waals surface area (Å²) in [6.07, 6.45) is 2.75. The molecule has 8 heteroatoms. The van der Waals surface area contributed by atoms with E-state index in [9.17, 15) is 8.42 Å². The first-order valence-corrected chi connectivity index (χ1v) is 13.8. The van der Waals surface area contributed by atoms with Gasteiger partial charge in [-0.15, -0.1) is 0 Å². The third-order valence-electron chi connectivity index (χ3n) is 6.76. The lowest BCUT2D eigenvalue weighted by Gasteiger charge is -2.18. The van der Waals surface area contributed by atoms with Crippen molar-refractivity contribution in [2.75, 3.05) is 18.6 Å². The van der Waals surface area contributed by atoms with E-state index in [0.717, 1.165) is 52.5 Å². The molecule has 5 rings (SSSR count). The summed E-state index contributed by atoms with van der Waals surface area (Å²) in [4.78, 5) is 2.27. The van der Waals surface area contributed by atoms with Gasteiger partial charge in [0.15, 0.2) is 9.84 Å². The summed E-state index contributed by atoms with van der Waals surface area (Å²) in [7, 11) is -0.858. The first-order valence-electron chi connectivity index (χ1n) is 11.9. The van der Waals surface area contributed by atoms with E-state index in [1.165, 1.54) is 0 Å². The Balaban J connectivity index is 1.40. The van der Waals surface area contributed by atoms with Crippen LogP contribution in [0.4, 0.5) is 0 Å². The molecule has 1 unspecified atom stereocenters. The Morgan fingerprint density at radius 2 is 1.66 bits per heavy atom. The summed E-state index contributed by atoms with van der Waals surface area (Å²) in [5.41, 5.74) is 7.41. The lowest BCUT2D eigenvalue weighted by molar-refractivity contribution is 0.317. The molecular weight excluding hydrogens is 458 g/mol. The number of sulfone groups is 1. The Bertz CT molecular complexity index is 1430. The topological polar surface area (TPSA) is 73.0 Å². The molecule has 1 aliphatic rings. The number of aromatic nitrogens is 4. The third kappa shape index (κ3) is 4.94. The van der Waals surface area contributed by atoms with Gasteiger partial charge in [-0.25, -0.2) is 13.1 Å². The fourth-order valence-electron chi connectivity index (χ4n) is 4.94. The van der Waals surface area contributed by atoms with Crippen LogP contribution in [0, 0.1) is 13.8 Å². The number of rotatable bonds is 7. The highest BCUT2D eigenvalue weighted by Crippen LogP contribution is 2.29. The summed E-state index contributed by atoms with van der Waals surface area (Å²) >= 11 is 0. The van der Waals surface area contributed by atoms with Crippen LogP contribution in [0.5, 0.6) is 0 Å². The molecule has 0 spiro atoms. The fourth-order valence-corrected chi connectivity index (χ4v) is 6.64. The summed E-state index contributed by atoms with van der Waals surface area (Å²) in [5, 5.41) is 9.67. The fraction of sp³-hybridized carbons (Fsp3) is 0.333. The van der Waals surface area contributed by atoms with Crippen molar-refractivity contribution in [3.63, 3.8) is 0 Å². The zero-order chi connectivity index (χ0) is 24.6. The molecule has 3 heterocycles. The maximum absolute atomic E-state index is 12.0. The minimum atomic E-state index is -2.96. The second-order valence-corrected chi connectivity index (χ2v) is 11.7. The van der Waals surface area contributed by atoms with Crippen LogP contribution in [-0.4, -0.2) is 51.4 Å². The number of nitrogens with zero attached hydrogens (tertiary/aromatic N) is 5. The molecule has 2 aromatic carbocycles. The summed E-state index contributed by atoms with van der Waals surface area (Å²) < 4.78 is 27.9. The molecule has 0 saturated carbocycles. The average Bonchev–Trinajstić information content (AvgIpc) is 3.51. The van der Waals surface area contributed by atoms with E-state index < -0.39 is 9.84 Å². The highest BCUT2D eigenvalue weighted by Gasteiger charge is 2.31. The van der Waals surface area contributed by atoms with Gasteiger partial charge in [-0.2, -0.15) is 10.2 Å². The predicted molar refractivity (Wildman–Crippen MR) is 138 cm³/mol. The Labute approximate surface area is 206 Å². The minimum Gasteiger partial charge on any atom is -0.298 e. The van der Waals surface area contributed by atoms with E-state index in [1.807, 2.05) is 52.7 Å². The molecule has 0 bridgehead atoms. The molecule has 0 N–H and O–H groups in total. The number of aryl methyl sites for hydroxylation is 1. The standard InChI is InChI=1S/C27H31N5O2S/c1-20-26(21(2)32(28-20)25-14-15-35(33,34)19-25)18-30(3)16-23-17-31(24-12-8-5-9-13-24)29-27(23)22-10-6-4-7-11-22/h4-13,17,25H,14-16,18-19H2,1-3H3. The molecule has 182 valence electrons. The first kappa shape index (κ1) is 23.5. The van der Waals surface area contributed by atoms with Gasteiger partial charge in [-0.05, 0) is 39.4 Å². The van der Waals surface area contributed by atoms with Crippen LogP contribution < -0.4 is 0 Å². The van der Waals surface area contributed by atoms with Crippen molar-refractivity contribution in [1.82, 2.24) is 24.5 Å². The van der Waals surface area contributed by atoms with Crippen LogP contribution in [0.1, 0.15) is 35.0 Å². The zero-order valence-electron chi connectivity index (χ0n) is 20.4. The van der Waals surface area contributed by atoms with Crippen LogP contribution in [0.3, 0.4) is 0 Å². The maximum atomic E-state index is 12.0. The van der Waals surface area contributed by atoms with Crippen molar-refractivity contribution in [1.29, 1.82) is 0 Å². The lowest BCUT2D eigenvalue weighted by Crippen LogP contribution is -2.19. The van der Waals surface area contributed by atoms with Gasteiger partial charge in [-0.1, -0.05) is 48.5 Å². The van der Waals surface area contributed by atoms with Crippen LogP contribution in [0.25, 0.3) is 16.9 Å². The third-order valence-corrected chi connectivity index (χ3v) is 8.51. The van der Waals surface area contributed by atoms with Crippen molar-refractivity contribution in [2.24, 2.45) is 0 Å². The molecule has 0 radical (unpaired) electrons. The summed E-state index contributed by atoms with van der Waals surface area (Å²) in [6, 6.07) is 20.4. The molecule has 4 aromatic rings. The van der Waals surface area contributed by atoms with Crippen molar-refractivity contribution < 1.29 is 8.42 Å². The predicted octanol–water partition coefficient (Wildman–Crippen LogP) is 4.34. The molecule has 35 heavy (non-hydrogen) atoms. The monoisotopic (exact) mass is 489 g/mol. The second kappa shape index (κ2) is 9.43. The Kier molecular flexibility index (Phi) is 6.34. The first-order chi connectivity index (χ1) is 16.8. The largest absolute Gasteiger partial charge is 0.298 e. The van der Waals surface area contributed by atoms with Crippen LogP contribution >= 0.6 is 0 Å². The molecule has 7 nitrogen and oxygen atoms in total. The van der Waals surface area contributed by atoms with Crippen molar-refractivity contribution in [2.45, 2.75) is 39.4 Å². The molecule has 1 atom stereocenters. The van der Waals surface area contributed by atoms with Gasteiger partial charge in [0.1, 0.15) is 0 Å². The highest BCUT2D eigenvalue weighted by atomic mass is 32.2. The second-order valence-electron chi connectivity index (χ2n) is 9.47. The molecular formula is C27H31N5O2S. The van der Waals surface area contributed by atoms with Gasteiger partial charge in [0, 0.05) is 41.7 Å². The molecule has 0 aliphatic carbocycles. The van der Waals surface area contributed by atoms with Crippen LogP contribution in [0.15, 0.2) is 66.9 Å². The Morgan fingerprint density at radius 3 is 2.31 bits per heavy atom. The minimum absolute atomic E-state index is 0.0634. The molecule has 1 saturated heterocycles. The number of benzene rings is 2. The van der Waals surface area contributed by atoms with Gasteiger partial charge in [0.05, 0.1) is 34.6 Å². The van der Waals surface area contributed by atoms with E-state index in [1.54, 1.807) is 0 Å². The zero-order valence-corrected chi connectivity index (χ0v) is 21.2. The number of para-hydroxylation sites is 1. The highest BCUT2D eigenvalue weighted by molar-refractivity contribution is 7.91. The van der Waals surface area contributed by atoms with Crippen molar-refractivity contribution in [3.05, 3.63) is 89.4 Å². The molecule has 1 aliphatic heterocycles. The van der Waals surface area contributed by atoms with Crippen LogP contribution in [0.2, 0.25) is 0 Å². The van der Waals surface area contributed by atoms with Gasteiger partial charge in [0.25, 0.3) is 0 Å². The van der Waals surface area contributed by atoms with Gasteiger partial charge < -0.3 is 0 Å². The SMILES string of the molecule is Cc1nn(C2CCS(=O)(=O)C2)c(C)c1CN(C)Cc1cn(-c2ccccc2)nc1-c1ccccc1. The molecule has 2 aromatic heterocycles. The normalized spacial score (nSPS) is 17.3. The van der Waals surface area contributed by atoms with Gasteiger partial charge >= 0.3 is 0 Å². The van der Waals surface area contributed by atoms with Crippen LogP contribution in [-0.2, 0) is 22.9 Å². The Morgan fingerprint density at radius 1 is 0.971 bits per heavy atom. The van der Waals surface area contributed by atoms with E-state index in [0.29, 0.717) is 6.42 Å². The van der Waals surface area contributed by atoms with Crippen molar-refractivity contribution in [3.8, 4) is 16.9 Å². The van der Waals surface area contributed by atoms with E-state index in [-0.39, 0.29) is 17.5 Å². The smallest absolute Gasteiger partial charge is 0.152 e.